The van der Waals surface area contributed by atoms with Crippen LogP contribution < -0.4 is 4.90 Å². The minimum absolute atomic E-state index is 0.427. The lowest BCUT2D eigenvalue weighted by molar-refractivity contribution is -0.231. The molecule has 0 amide bonds. The van der Waals surface area contributed by atoms with Crippen molar-refractivity contribution in [3.63, 3.8) is 0 Å². The van der Waals surface area contributed by atoms with Gasteiger partial charge in [-0.1, -0.05) is 30.3 Å². The molecule has 0 bridgehead atoms. The van der Waals surface area contributed by atoms with E-state index in [9.17, 15) is 20.4 Å². The van der Waals surface area contributed by atoms with Crippen molar-refractivity contribution in [2.45, 2.75) is 56.7 Å². The van der Waals surface area contributed by atoms with Gasteiger partial charge in [0.15, 0.2) is 0 Å². The predicted molar refractivity (Wildman–Crippen MR) is 115 cm³/mol. The van der Waals surface area contributed by atoms with E-state index >= 15 is 0 Å². The van der Waals surface area contributed by atoms with E-state index in [0.717, 1.165) is 36.1 Å². The van der Waals surface area contributed by atoms with Gasteiger partial charge in [0, 0.05) is 19.3 Å². The van der Waals surface area contributed by atoms with Crippen molar-refractivity contribution in [1.82, 2.24) is 0 Å². The molecule has 2 aliphatic heterocycles. The van der Waals surface area contributed by atoms with Gasteiger partial charge in [-0.25, -0.2) is 0 Å². The summed E-state index contributed by atoms with van der Waals surface area (Å²) < 4.78 is 5.73. The van der Waals surface area contributed by atoms with Crippen molar-refractivity contribution in [1.29, 1.82) is 0 Å². The van der Waals surface area contributed by atoms with Crippen LogP contribution in [0.4, 0.5) is 5.69 Å². The van der Waals surface area contributed by atoms with E-state index in [-0.39, 0.29) is 0 Å². The number of aliphatic hydroxyl groups excluding tert-OH is 4. The topological polar surface area (TPSA) is 93.4 Å². The second-order valence-corrected chi connectivity index (χ2v) is 8.60. The molecule has 2 aromatic carbocycles. The number of aliphatic hydroxyl groups is 4. The first-order chi connectivity index (χ1) is 14.4. The van der Waals surface area contributed by atoms with Gasteiger partial charge in [-0.3, -0.25) is 0 Å². The van der Waals surface area contributed by atoms with E-state index in [0.29, 0.717) is 0 Å². The summed E-state index contributed by atoms with van der Waals surface area (Å²) in [6.07, 6.45) is -2.68. The number of fused-ring (bicyclic) bond motifs is 1. The van der Waals surface area contributed by atoms with Crippen molar-refractivity contribution in [3.05, 3.63) is 64.2 Å². The third-order valence-electron chi connectivity index (χ3n) is 6.48. The highest BCUT2D eigenvalue weighted by Gasteiger charge is 2.43. The monoisotopic (exact) mass is 413 g/mol. The lowest BCUT2D eigenvalue weighted by atomic mass is 9.88. The number of benzene rings is 2. The molecule has 1 saturated heterocycles. The normalized spacial score (nSPS) is 29.0. The van der Waals surface area contributed by atoms with Gasteiger partial charge in [0.2, 0.25) is 0 Å². The number of rotatable bonds is 4. The molecule has 162 valence electrons. The maximum absolute atomic E-state index is 10.5. The summed E-state index contributed by atoms with van der Waals surface area (Å²) in [5.41, 5.74) is 6.90. The summed E-state index contributed by atoms with van der Waals surface area (Å²) in [5, 5.41) is 40.1. The number of ether oxygens (including phenoxy) is 1. The van der Waals surface area contributed by atoms with Crippen LogP contribution in [0, 0.1) is 6.92 Å². The lowest BCUT2D eigenvalue weighted by Gasteiger charge is -2.40. The van der Waals surface area contributed by atoms with Crippen LogP contribution in [0.1, 0.15) is 40.3 Å². The number of hydrogen-bond acceptors (Lipinski definition) is 6. The van der Waals surface area contributed by atoms with Gasteiger partial charge in [-0.15, -0.1) is 0 Å². The number of anilines is 1. The molecule has 6 heteroatoms. The molecule has 0 aliphatic carbocycles. The Morgan fingerprint density at radius 3 is 2.60 bits per heavy atom. The molecule has 0 saturated carbocycles. The van der Waals surface area contributed by atoms with Crippen LogP contribution in [0.15, 0.2) is 36.4 Å². The van der Waals surface area contributed by atoms with Crippen molar-refractivity contribution in [2.75, 3.05) is 25.1 Å². The van der Waals surface area contributed by atoms with Crippen molar-refractivity contribution < 1.29 is 25.2 Å². The van der Waals surface area contributed by atoms with Gasteiger partial charge in [-0.2, -0.15) is 0 Å². The van der Waals surface area contributed by atoms with Crippen LogP contribution in [-0.2, 0) is 17.6 Å². The minimum atomic E-state index is -1.37. The maximum atomic E-state index is 10.5. The lowest BCUT2D eigenvalue weighted by Crippen LogP contribution is -2.55. The Balaban J connectivity index is 1.59. The molecule has 4 N–H and O–H groups in total. The van der Waals surface area contributed by atoms with Gasteiger partial charge in [-0.05, 0) is 60.1 Å². The largest absolute Gasteiger partial charge is 0.394 e. The Hall–Kier alpha value is -1.96. The molecule has 0 radical (unpaired) electrons. The summed E-state index contributed by atoms with van der Waals surface area (Å²) in [6, 6.07) is 12.5. The molecule has 6 nitrogen and oxygen atoms in total. The molecule has 30 heavy (non-hydrogen) atoms. The second-order valence-electron chi connectivity index (χ2n) is 8.60. The van der Waals surface area contributed by atoms with E-state index < -0.39 is 37.1 Å². The summed E-state index contributed by atoms with van der Waals surface area (Å²) in [6.45, 7) is 2.72. The highest BCUT2D eigenvalue weighted by Crippen LogP contribution is 2.34. The summed E-state index contributed by atoms with van der Waals surface area (Å²) >= 11 is 0. The summed E-state index contributed by atoms with van der Waals surface area (Å²) in [7, 11) is 2.13. The number of nitrogens with zero attached hydrogens (tertiary/aromatic N) is 1. The molecule has 2 aliphatic rings. The first-order valence-corrected chi connectivity index (χ1v) is 10.6. The van der Waals surface area contributed by atoms with Crippen molar-refractivity contribution in [3.8, 4) is 0 Å². The molecule has 0 unspecified atom stereocenters. The highest BCUT2D eigenvalue weighted by atomic mass is 16.5. The van der Waals surface area contributed by atoms with Crippen LogP contribution in [0.5, 0.6) is 0 Å². The van der Waals surface area contributed by atoms with Gasteiger partial charge < -0.3 is 30.1 Å². The van der Waals surface area contributed by atoms with E-state index in [2.05, 4.69) is 37.1 Å². The number of hydrogen-bond donors (Lipinski definition) is 4. The fourth-order valence-electron chi connectivity index (χ4n) is 4.60. The third-order valence-corrected chi connectivity index (χ3v) is 6.48. The van der Waals surface area contributed by atoms with Gasteiger partial charge in [0.25, 0.3) is 0 Å². The molecule has 0 aromatic heterocycles. The molecular formula is C24H31NO5. The van der Waals surface area contributed by atoms with Gasteiger partial charge in [0.05, 0.1) is 6.61 Å². The standard InChI is InChI=1S/C24H31NO5/c1-14-5-7-17(24-23(29)22(28)21(27)20(13-26)30-24)12-18(14)11-15-6-8-19-16(10-15)4-3-9-25(19)2/h5-8,10,12,20-24,26-29H,3-4,9,11,13H2,1-2H3/t20-,21-,22+,23-,24+/m1/s1. The zero-order chi connectivity index (χ0) is 21.4. The average molecular weight is 414 g/mol. The zero-order valence-corrected chi connectivity index (χ0v) is 17.5. The highest BCUT2D eigenvalue weighted by molar-refractivity contribution is 5.56. The van der Waals surface area contributed by atoms with Crippen LogP contribution in [0.25, 0.3) is 0 Å². The van der Waals surface area contributed by atoms with Gasteiger partial charge >= 0.3 is 0 Å². The molecule has 4 rings (SSSR count). The first kappa shape index (κ1) is 21.3. The zero-order valence-electron chi connectivity index (χ0n) is 17.5. The molecule has 2 aromatic rings. The predicted octanol–water partition coefficient (Wildman–Crippen LogP) is 1.48. The van der Waals surface area contributed by atoms with E-state index in [4.69, 9.17) is 4.74 Å². The molecule has 2 heterocycles. The van der Waals surface area contributed by atoms with Crippen LogP contribution in [-0.4, -0.2) is 65.0 Å². The van der Waals surface area contributed by atoms with Crippen molar-refractivity contribution in [2.24, 2.45) is 0 Å². The second kappa shape index (κ2) is 8.65. The molecule has 1 fully saturated rings. The van der Waals surface area contributed by atoms with E-state index in [1.807, 2.05) is 18.2 Å². The fraction of sp³-hybridized carbons (Fsp3) is 0.500. The maximum Gasteiger partial charge on any atom is 0.113 e. The van der Waals surface area contributed by atoms with Crippen LogP contribution in [0.2, 0.25) is 0 Å². The summed E-state index contributed by atoms with van der Waals surface area (Å²) in [4.78, 5) is 2.30. The van der Waals surface area contributed by atoms with Crippen LogP contribution in [0.3, 0.4) is 0 Å². The van der Waals surface area contributed by atoms with Crippen molar-refractivity contribution >= 4 is 5.69 Å². The smallest absolute Gasteiger partial charge is 0.113 e. The molecular weight excluding hydrogens is 382 g/mol. The first-order valence-electron chi connectivity index (χ1n) is 10.6. The average Bonchev–Trinajstić information content (AvgIpc) is 2.74. The fourth-order valence-corrected chi connectivity index (χ4v) is 4.60. The SMILES string of the molecule is Cc1ccc([C@@H]2O[C@H](CO)[C@@H](O)[C@H](O)[C@H]2O)cc1Cc1ccc2c(c1)CCCN2C. The van der Waals surface area contributed by atoms with E-state index in [1.165, 1.54) is 23.2 Å². The minimum Gasteiger partial charge on any atom is -0.394 e. The Morgan fingerprint density at radius 2 is 1.83 bits per heavy atom. The molecule has 0 spiro atoms. The Morgan fingerprint density at radius 1 is 1.03 bits per heavy atom. The Kier molecular flexibility index (Phi) is 6.14. The molecule has 5 atom stereocenters. The quantitative estimate of drug-likeness (QED) is 0.607. The Labute approximate surface area is 177 Å². The third kappa shape index (κ3) is 3.98. The van der Waals surface area contributed by atoms with E-state index in [1.54, 1.807) is 0 Å². The Bertz CT molecular complexity index is 899. The number of aryl methyl sites for hydroxylation is 2. The van der Waals surface area contributed by atoms with Gasteiger partial charge in [0.1, 0.15) is 30.5 Å². The summed E-state index contributed by atoms with van der Waals surface area (Å²) in [5.74, 6) is 0. The van der Waals surface area contributed by atoms with Crippen LogP contribution >= 0.6 is 0 Å².